The molecule has 0 aliphatic carbocycles. The van der Waals surface area contributed by atoms with Crippen molar-refractivity contribution in [3.05, 3.63) is 81.1 Å². The monoisotopic (exact) mass is 449 g/mol. The van der Waals surface area contributed by atoms with Crippen molar-refractivity contribution in [3.63, 3.8) is 0 Å². The molecule has 0 spiro atoms. The summed E-state index contributed by atoms with van der Waals surface area (Å²) in [5.74, 6) is 1.53. The Morgan fingerprint density at radius 2 is 1.81 bits per heavy atom. The van der Waals surface area contributed by atoms with Gasteiger partial charge in [0.05, 0.1) is 11.7 Å². The highest BCUT2D eigenvalue weighted by molar-refractivity contribution is 7.98. The maximum Gasteiger partial charge on any atom is 0.279 e. The Balaban J connectivity index is 1.65. The molecule has 166 valence electrons. The number of hydrogen-bond acceptors (Lipinski definition) is 5. The average molecular weight is 450 g/mol. The molecule has 1 atom stereocenters. The molecule has 1 aromatic heterocycles. The molecule has 1 amide bonds. The Morgan fingerprint density at radius 1 is 1.12 bits per heavy atom. The lowest BCUT2D eigenvalue weighted by Crippen LogP contribution is -2.33. The van der Waals surface area contributed by atoms with Gasteiger partial charge in [0.25, 0.3) is 5.56 Å². The quantitative estimate of drug-likeness (QED) is 0.438. The maximum atomic E-state index is 13.1. The molecular formula is C25H27N3O3S. The number of ether oxygens (including phenoxy) is 1. The van der Waals surface area contributed by atoms with Crippen molar-refractivity contribution in [2.75, 3.05) is 5.32 Å². The van der Waals surface area contributed by atoms with Gasteiger partial charge in [-0.05, 0) is 44.0 Å². The Labute approximate surface area is 192 Å². The zero-order chi connectivity index (χ0) is 22.8. The molecule has 0 fully saturated rings. The number of fused-ring (bicyclic) bond motifs is 1. The first kappa shape index (κ1) is 22.1. The van der Waals surface area contributed by atoms with Crippen molar-refractivity contribution < 1.29 is 9.53 Å². The van der Waals surface area contributed by atoms with Crippen LogP contribution in [0.5, 0.6) is 5.75 Å². The number of benzene rings is 2. The summed E-state index contributed by atoms with van der Waals surface area (Å²) in [6.45, 7) is 5.99. The smallest absolute Gasteiger partial charge is 0.279 e. The van der Waals surface area contributed by atoms with Gasteiger partial charge in [-0.2, -0.15) is 4.98 Å². The summed E-state index contributed by atoms with van der Waals surface area (Å²) in [5, 5.41) is 3.48. The summed E-state index contributed by atoms with van der Waals surface area (Å²) in [4.78, 5) is 30.0. The molecule has 6 nitrogen and oxygen atoms in total. The predicted octanol–water partition coefficient (Wildman–Crippen LogP) is 4.64. The Hall–Kier alpha value is -3.06. The minimum Gasteiger partial charge on any atom is -0.491 e. The molecule has 7 heteroatoms. The summed E-state index contributed by atoms with van der Waals surface area (Å²) in [6.07, 6.45) is 0.291. The second-order valence-corrected chi connectivity index (χ2v) is 9.28. The number of hydrogen-bond donors (Lipinski definition) is 1. The zero-order valence-corrected chi connectivity index (χ0v) is 19.5. The second-order valence-electron chi connectivity index (χ2n) is 8.34. The number of carbonyl (C=O) groups excluding carboxylic acids is 1. The average Bonchev–Trinajstić information content (AvgIpc) is 2.76. The van der Waals surface area contributed by atoms with Crippen molar-refractivity contribution in [1.82, 2.24) is 9.55 Å². The summed E-state index contributed by atoms with van der Waals surface area (Å²) >= 11 is 1.48. The van der Waals surface area contributed by atoms with Crippen LogP contribution >= 0.6 is 11.8 Å². The van der Waals surface area contributed by atoms with Gasteiger partial charge in [0.1, 0.15) is 11.6 Å². The van der Waals surface area contributed by atoms with Crippen LogP contribution in [0.25, 0.3) is 0 Å². The molecule has 0 radical (unpaired) electrons. The van der Waals surface area contributed by atoms with Crippen LogP contribution in [0.1, 0.15) is 48.4 Å². The van der Waals surface area contributed by atoms with Gasteiger partial charge >= 0.3 is 0 Å². The number of rotatable bonds is 6. The fraction of sp³-hybridized carbons (Fsp3) is 0.320. The molecule has 1 aliphatic rings. The standard InChI is InChI=1S/C25H27N3O3S/c1-15(2)31-19-11-9-18(10-12-19)20-13-21(29)26-23-22(20)24(30)27-25(28(23)4)32-14-17-7-5-16(3)6-8-17/h5-12,15,20H,13-14H2,1-4H3,(H,26,29)/t20-/m0/s1. The lowest BCUT2D eigenvalue weighted by atomic mass is 9.87. The van der Waals surface area contributed by atoms with Crippen molar-refractivity contribution in [2.45, 2.75) is 50.1 Å². The number of carbonyl (C=O) groups is 1. The summed E-state index contributed by atoms with van der Waals surface area (Å²) in [5.41, 5.74) is 3.49. The molecule has 0 unspecified atom stereocenters. The van der Waals surface area contributed by atoms with E-state index in [9.17, 15) is 9.59 Å². The van der Waals surface area contributed by atoms with E-state index in [1.54, 1.807) is 0 Å². The Morgan fingerprint density at radius 3 is 2.47 bits per heavy atom. The largest absolute Gasteiger partial charge is 0.491 e. The van der Waals surface area contributed by atoms with Gasteiger partial charge in [-0.25, -0.2) is 0 Å². The second kappa shape index (κ2) is 9.20. The van der Waals surface area contributed by atoms with Crippen molar-refractivity contribution in [3.8, 4) is 5.75 Å². The van der Waals surface area contributed by atoms with Gasteiger partial charge in [-0.1, -0.05) is 53.7 Å². The lowest BCUT2D eigenvalue weighted by Gasteiger charge is -2.27. The third kappa shape index (κ3) is 4.72. The molecule has 4 rings (SSSR count). The molecule has 0 bridgehead atoms. The van der Waals surface area contributed by atoms with E-state index in [2.05, 4.69) is 41.5 Å². The van der Waals surface area contributed by atoms with Crippen molar-refractivity contribution in [2.24, 2.45) is 7.05 Å². The fourth-order valence-electron chi connectivity index (χ4n) is 3.83. The number of nitrogens with zero attached hydrogens (tertiary/aromatic N) is 2. The van der Waals surface area contributed by atoms with Crippen LogP contribution < -0.4 is 15.6 Å². The SMILES string of the molecule is Cc1ccc(CSc2nc(=O)c3c(n2C)NC(=O)C[C@H]3c2ccc(OC(C)C)cc2)cc1. The van der Waals surface area contributed by atoms with Crippen LogP contribution in [0, 0.1) is 6.92 Å². The van der Waals surface area contributed by atoms with E-state index in [-0.39, 0.29) is 29.9 Å². The van der Waals surface area contributed by atoms with Crippen LogP contribution in [0.15, 0.2) is 58.5 Å². The van der Waals surface area contributed by atoms with Crippen LogP contribution in [-0.2, 0) is 17.6 Å². The van der Waals surface area contributed by atoms with Crippen LogP contribution in [0.4, 0.5) is 5.82 Å². The number of amides is 1. The first-order valence-corrected chi connectivity index (χ1v) is 11.7. The van der Waals surface area contributed by atoms with Gasteiger partial charge in [-0.15, -0.1) is 0 Å². The molecule has 0 saturated heterocycles. The van der Waals surface area contributed by atoms with Gasteiger partial charge in [0.15, 0.2) is 5.16 Å². The van der Waals surface area contributed by atoms with E-state index in [1.165, 1.54) is 17.3 Å². The van der Waals surface area contributed by atoms with E-state index < -0.39 is 0 Å². The van der Waals surface area contributed by atoms with Crippen LogP contribution in [0.3, 0.4) is 0 Å². The van der Waals surface area contributed by atoms with Gasteiger partial charge in [0, 0.05) is 25.1 Å². The highest BCUT2D eigenvalue weighted by atomic mass is 32.2. The molecule has 2 aromatic carbocycles. The van der Waals surface area contributed by atoms with E-state index in [4.69, 9.17) is 4.74 Å². The molecule has 32 heavy (non-hydrogen) atoms. The molecular weight excluding hydrogens is 422 g/mol. The molecule has 3 aromatic rings. The minimum absolute atomic E-state index is 0.0781. The first-order chi connectivity index (χ1) is 15.3. The minimum atomic E-state index is -0.339. The Bertz CT molecular complexity index is 1180. The number of aromatic nitrogens is 2. The number of nitrogens with one attached hydrogen (secondary N) is 1. The van der Waals surface area contributed by atoms with Crippen molar-refractivity contribution in [1.29, 1.82) is 0 Å². The third-order valence-corrected chi connectivity index (χ3v) is 6.54. The number of thioether (sulfide) groups is 1. The zero-order valence-electron chi connectivity index (χ0n) is 18.7. The van der Waals surface area contributed by atoms with E-state index in [0.717, 1.165) is 16.9 Å². The van der Waals surface area contributed by atoms with E-state index in [0.29, 0.717) is 22.3 Å². The summed E-state index contributed by atoms with van der Waals surface area (Å²) in [6, 6.07) is 15.9. The van der Waals surface area contributed by atoms with Crippen LogP contribution in [-0.4, -0.2) is 21.6 Å². The number of anilines is 1. The van der Waals surface area contributed by atoms with Gasteiger partial charge in [-0.3, -0.25) is 9.59 Å². The number of aryl methyl sites for hydroxylation is 1. The molecule has 1 aliphatic heterocycles. The summed E-state index contributed by atoms with van der Waals surface area (Å²) < 4.78 is 7.53. The first-order valence-electron chi connectivity index (χ1n) is 10.7. The highest BCUT2D eigenvalue weighted by Gasteiger charge is 2.32. The molecule has 2 heterocycles. The molecule has 1 N–H and O–H groups in total. The highest BCUT2D eigenvalue weighted by Crippen LogP contribution is 2.36. The van der Waals surface area contributed by atoms with E-state index in [1.807, 2.05) is 49.7 Å². The molecule has 0 saturated carbocycles. The summed E-state index contributed by atoms with van der Waals surface area (Å²) in [7, 11) is 1.84. The normalized spacial score (nSPS) is 15.4. The Kier molecular flexibility index (Phi) is 6.37. The van der Waals surface area contributed by atoms with Gasteiger partial charge < -0.3 is 14.6 Å². The maximum absolute atomic E-state index is 13.1. The third-order valence-electron chi connectivity index (χ3n) is 5.44. The van der Waals surface area contributed by atoms with Crippen LogP contribution in [0.2, 0.25) is 0 Å². The topological polar surface area (TPSA) is 73.2 Å². The van der Waals surface area contributed by atoms with E-state index >= 15 is 0 Å². The predicted molar refractivity (Wildman–Crippen MR) is 128 cm³/mol. The van der Waals surface area contributed by atoms with Gasteiger partial charge in [0.2, 0.25) is 5.91 Å². The lowest BCUT2D eigenvalue weighted by molar-refractivity contribution is -0.116. The van der Waals surface area contributed by atoms with Crippen molar-refractivity contribution >= 4 is 23.5 Å². The fourth-order valence-corrected chi connectivity index (χ4v) is 4.75.